The monoisotopic (exact) mass is 329 g/mol. The zero-order chi connectivity index (χ0) is 15.7. The van der Waals surface area contributed by atoms with E-state index in [1.54, 1.807) is 0 Å². The van der Waals surface area contributed by atoms with Gasteiger partial charge in [-0.1, -0.05) is 30.3 Å². The van der Waals surface area contributed by atoms with Gasteiger partial charge in [-0.25, -0.2) is 9.97 Å². The summed E-state index contributed by atoms with van der Waals surface area (Å²) in [4.78, 5) is 22.9. The van der Waals surface area contributed by atoms with Crippen LogP contribution in [0.2, 0.25) is 0 Å². The number of aromatic nitrogens is 2. The van der Waals surface area contributed by atoms with Gasteiger partial charge in [0.05, 0.1) is 16.4 Å². The number of rotatable bonds is 3. The zero-order valence-electron chi connectivity index (χ0n) is 12.5. The van der Waals surface area contributed by atoms with Crippen LogP contribution >= 0.6 is 22.7 Å². The predicted molar refractivity (Wildman–Crippen MR) is 91.8 cm³/mol. The lowest BCUT2D eigenvalue weighted by Crippen LogP contribution is -2.11. The summed E-state index contributed by atoms with van der Waals surface area (Å²) in [6.45, 7) is 5.76. The van der Waals surface area contributed by atoms with Gasteiger partial charge in [0.2, 0.25) is 0 Å². The van der Waals surface area contributed by atoms with Crippen LogP contribution in [0.25, 0.3) is 11.3 Å². The summed E-state index contributed by atoms with van der Waals surface area (Å²) in [6, 6.07) is 9.98. The molecular weight excluding hydrogens is 314 g/mol. The van der Waals surface area contributed by atoms with Gasteiger partial charge in [-0.3, -0.25) is 10.1 Å². The van der Waals surface area contributed by atoms with Crippen LogP contribution in [-0.4, -0.2) is 15.9 Å². The highest BCUT2D eigenvalue weighted by Gasteiger charge is 2.17. The standard InChI is InChI=1S/C16H15N3OS2/c1-9-14(22-11(3)17-9)15(20)19-16-18-13(10(2)21-16)12-7-5-4-6-8-12/h4-8H,1-3H3,(H,18,19,20). The van der Waals surface area contributed by atoms with Crippen LogP contribution in [0.15, 0.2) is 30.3 Å². The molecule has 1 N–H and O–H groups in total. The summed E-state index contributed by atoms with van der Waals surface area (Å²) in [5.41, 5.74) is 2.73. The van der Waals surface area contributed by atoms with Crippen LogP contribution in [0.3, 0.4) is 0 Å². The number of amides is 1. The van der Waals surface area contributed by atoms with Gasteiger partial charge in [0.1, 0.15) is 4.88 Å². The molecule has 2 aromatic heterocycles. The Hall–Kier alpha value is -2.05. The molecule has 0 bridgehead atoms. The number of hydrogen-bond donors (Lipinski definition) is 1. The number of carbonyl (C=O) groups excluding carboxylic acids is 1. The number of benzene rings is 1. The Morgan fingerprint density at radius 3 is 2.41 bits per heavy atom. The van der Waals surface area contributed by atoms with E-state index in [1.807, 2.05) is 51.1 Å². The van der Waals surface area contributed by atoms with Gasteiger partial charge < -0.3 is 0 Å². The molecule has 6 heteroatoms. The number of thiazole rings is 2. The second kappa shape index (κ2) is 5.98. The van der Waals surface area contributed by atoms with Gasteiger partial charge in [-0.05, 0) is 20.8 Å². The van der Waals surface area contributed by atoms with Gasteiger partial charge in [0, 0.05) is 10.4 Å². The molecule has 0 atom stereocenters. The quantitative estimate of drug-likeness (QED) is 0.772. The number of anilines is 1. The molecule has 112 valence electrons. The van der Waals surface area contributed by atoms with Crippen molar-refractivity contribution in [2.45, 2.75) is 20.8 Å². The van der Waals surface area contributed by atoms with Crippen LogP contribution in [0.5, 0.6) is 0 Å². The summed E-state index contributed by atoms with van der Waals surface area (Å²) in [6.07, 6.45) is 0. The van der Waals surface area contributed by atoms with Crippen molar-refractivity contribution in [1.29, 1.82) is 0 Å². The Kier molecular flexibility index (Phi) is 4.04. The molecule has 0 aliphatic heterocycles. The lowest BCUT2D eigenvalue weighted by molar-refractivity contribution is 0.103. The first-order chi connectivity index (χ1) is 10.5. The highest BCUT2D eigenvalue weighted by Crippen LogP contribution is 2.30. The van der Waals surface area contributed by atoms with Crippen molar-refractivity contribution in [3.63, 3.8) is 0 Å². The normalized spacial score (nSPS) is 10.7. The summed E-state index contributed by atoms with van der Waals surface area (Å²) in [5.74, 6) is -0.142. The van der Waals surface area contributed by atoms with E-state index in [1.165, 1.54) is 22.7 Å². The number of nitrogens with zero attached hydrogens (tertiary/aromatic N) is 2. The minimum Gasteiger partial charge on any atom is -0.297 e. The molecule has 2 heterocycles. The lowest BCUT2D eigenvalue weighted by atomic mass is 10.1. The minimum atomic E-state index is -0.142. The van der Waals surface area contributed by atoms with E-state index in [0.717, 1.165) is 26.8 Å². The molecule has 0 saturated heterocycles. The zero-order valence-corrected chi connectivity index (χ0v) is 14.1. The largest absolute Gasteiger partial charge is 0.297 e. The summed E-state index contributed by atoms with van der Waals surface area (Å²) >= 11 is 2.89. The number of hydrogen-bond acceptors (Lipinski definition) is 5. The molecule has 22 heavy (non-hydrogen) atoms. The first-order valence-electron chi connectivity index (χ1n) is 6.83. The second-order valence-corrected chi connectivity index (χ2v) is 7.30. The third-order valence-electron chi connectivity index (χ3n) is 3.17. The third-order valence-corrected chi connectivity index (χ3v) is 5.13. The molecule has 0 saturated carbocycles. The van der Waals surface area contributed by atoms with E-state index < -0.39 is 0 Å². The molecule has 0 aliphatic carbocycles. The molecule has 0 unspecified atom stereocenters. The molecule has 0 spiro atoms. The first kappa shape index (κ1) is 14.9. The van der Waals surface area contributed by atoms with E-state index in [-0.39, 0.29) is 5.91 Å². The maximum absolute atomic E-state index is 12.3. The minimum absolute atomic E-state index is 0.142. The van der Waals surface area contributed by atoms with Crippen molar-refractivity contribution in [3.05, 3.63) is 50.8 Å². The Balaban J connectivity index is 1.85. The number of carbonyl (C=O) groups is 1. The van der Waals surface area contributed by atoms with E-state index in [0.29, 0.717) is 10.0 Å². The summed E-state index contributed by atoms with van der Waals surface area (Å²) in [7, 11) is 0. The van der Waals surface area contributed by atoms with E-state index in [4.69, 9.17) is 0 Å². The fraction of sp³-hybridized carbons (Fsp3) is 0.188. The lowest BCUT2D eigenvalue weighted by Gasteiger charge is -1.99. The molecule has 0 fully saturated rings. The Morgan fingerprint density at radius 1 is 1.05 bits per heavy atom. The molecule has 3 aromatic rings. The second-order valence-electron chi connectivity index (χ2n) is 4.89. The topological polar surface area (TPSA) is 54.9 Å². The van der Waals surface area contributed by atoms with Gasteiger partial charge in [-0.15, -0.1) is 22.7 Å². The van der Waals surface area contributed by atoms with Crippen molar-refractivity contribution in [3.8, 4) is 11.3 Å². The Bertz CT molecular complexity index is 821. The highest BCUT2D eigenvalue weighted by molar-refractivity contribution is 7.16. The molecule has 0 aliphatic rings. The fourth-order valence-corrected chi connectivity index (χ4v) is 3.86. The average molecular weight is 329 g/mol. The van der Waals surface area contributed by atoms with Crippen molar-refractivity contribution in [1.82, 2.24) is 9.97 Å². The first-order valence-corrected chi connectivity index (χ1v) is 8.46. The van der Waals surface area contributed by atoms with E-state index >= 15 is 0 Å². The molecule has 1 aromatic carbocycles. The molecular formula is C16H15N3OS2. The Morgan fingerprint density at radius 2 is 1.77 bits per heavy atom. The number of aryl methyl sites for hydroxylation is 3. The van der Waals surface area contributed by atoms with E-state index in [9.17, 15) is 4.79 Å². The van der Waals surface area contributed by atoms with Crippen LogP contribution < -0.4 is 5.32 Å². The average Bonchev–Trinajstić information content (AvgIpc) is 3.02. The molecule has 4 nitrogen and oxygen atoms in total. The SMILES string of the molecule is Cc1nc(C)c(C(=O)Nc2nc(-c3ccccc3)c(C)s2)s1. The van der Waals surface area contributed by atoms with Crippen LogP contribution in [0, 0.1) is 20.8 Å². The van der Waals surface area contributed by atoms with Crippen molar-refractivity contribution in [2.24, 2.45) is 0 Å². The van der Waals surface area contributed by atoms with E-state index in [2.05, 4.69) is 15.3 Å². The summed E-state index contributed by atoms with van der Waals surface area (Å²) < 4.78 is 0. The predicted octanol–water partition coefficient (Wildman–Crippen LogP) is 4.44. The van der Waals surface area contributed by atoms with Crippen LogP contribution in [0.4, 0.5) is 5.13 Å². The molecule has 1 amide bonds. The Labute approximate surface area is 136 Å². The van der Waals surface area contributed by atoms with Crippen LogP contribution in [0.1, 0.15) is 25.3 Å². The van der Waals surface area contributed by atoms with Crippen molar-refractivity contribution in [2.75, 3.05) is 5.32 Å². The molecule has 0 radical (unpaired) electrons. The highest BCUT2D eigenvalue weighted by atomic mass is 32.1. The van der Waals surface area contributed by atoms with Crippen molar-refractivity contribution < 1.29 is 4.79 Å². The maximum Gasteiger partial charge on any atom is 0.269 e. The van der Waals surface area contributed by atoms with Gasteiger partial charge in [-0.2, -0.15) is 0 Å². The maximum atomic E-state index is 12.3. The van der Waals surface area contributed by atoms with Gasteiger partial charge in [0.25, 0.3) is 5.91 Å². The third kappa shape index (κ3) is 2.93. The fourth-order valence-electron chi connectivity index (χ4n) is 2.21. The van der Waals surface area contributed by atoms with Crippen LogP contribution in [-0.2, 0) is 0 Å². The van der Waals surface area contributed by atoms with Gasteiger partial charge >= 0.3 is 0 Å². The summed E-state index contributed by atoms with van der Waals surface area (Å²) in [5, 5.41) is 4.39. The molecule has 3 rings (SSSR count). The smallest absolute Gasteiger partial charge is 0.269 e. The number of nitrogens with one attached hydrogen (secondary N) is 1. The van der Waals surface area contributed by atoms with Crippen molar-refractivity contribution >= 4 is 33.7 Å². The van der Waals surface area contributed by atoms with Gasteiger partial charge in [0.15, 0.2) is 5.13 Å².